The lowest BCUT2D eigenvalue weighted by Crippen LogP contribution is -2.54. The van der Waals surface area contributed by atoms with Crippen LogP contribution in [0.25, 0.3) is 0 Å². The quantitative estimate of drug-likeness (QED) is 0.232. The minimum atomic E-state index is -1.34. The van der Waals surface area contributed by atoms with E-state index in [2.05, 4.69) is 15.9 Å². The summed E-state index contributed by atoms with van der Waals surface area (Å²) >= 11 is 3.21. The lowest BCUT2D eigenvalue weighted by atomic mass is 9.48. The molecule has 2 atom stereocenters. The molecule has 0 radical (unpaired) electrons. The normalized spacial score (nSPS) is 26.6. The summed E-state index contributed by atoms with van der Waals surface area (Å²) in [6.45, 7) is 0. The fourth-order valence-electron chi connectivity index (χ4n) is 6.10. The number of imide groups is 1. The number of amides is 2. The highest BCUT2D eigenvalue weighted by Gasteiger charge is 2.68. The first-order valence-corrected chi connectivity index (χ1v) is 11.2. The Kier molecular flexibility index (Phi) is 4.05. The first-order valence-electron chi connectivity index (χ1n) is 10.4. The third kappa shape index (κ3) is 2.31. The summed E-state index contributed by atoms with van der Waals surface area (Å²) in [5.41, 5.74) is 1.36. The highest BCUT2D eigenvalue weighted by molar-refractivity contribution is 9.10. The summed E-state index contributed by atoms with van der Waals surface area (Å²) in [6, 6.07) is 19.0. The maximum Gasteiger partial charge on any atom is 0.294 e. The van der Waals surface area contributed by atoms with Gasteiger partial charge < -0.3 is 4.79 Å². The van der Waals surface area contributed by atoms with Gasteiger partial charge in [0.1, 0.15) is 12.0 Å². The molecule has 1 aliphatic heterocycles. The Balaban J connectivity index is 1.64. The van der Waals surface area contributed by atoms with E-state index in [1.54, 1.807) is 6.07 Å². The number of hydrogen-bond acceptors (Lipinski definition) is 5. The summed E-state index contributed by atoms with van der Waals surface area (Å²) in [5.74, 6) is -3.32. The van der Waals surface area contributed by atoms with Crippen LogP contribution in [0.2, 0.25) is 0 Å². The van der Waals surface area contributed by atoms with Crippen LogP contribution in [0.4, 0.5) is 11.4 Å². The standard InChI is InChI=1S/C25H15BrN2O5/c26-13-9-10-18(19(11-13)28(32)33)27-23(30)21-20-14-5-1-3-7-16(14)25(12-29,22(21)24(27)31)17-8-4-2-6-15(17)20/h1-12,20-22H. The minimum Gasteiger partial charge on any atom is -0.302 e. The number of anilines is 1. The van der Waals surface area contributed by atoms with Gasteiger partial charge >= 0.3 is 0 Å². The average molecular weight is 503 g/mol. The topological polar surface area (TPSA) is 97.6 Å². The van der Waals surface area contributed by atoms with Gasteiger partial charge in [-0.3, -0.25) is 19.7 Å². The molecule has 0 saturated carbocycles. The van der Waals surface area contributed by atoms with Crippen molar-refractivity contribution in [3.63, 3.8) is 0 Å². The molecule has 7 nitrogen and oxygen atoms in total. The fourth-order valence-corrected chi connectivity index (χ4v) is 6.45. The molecule has 162 valence electrons. The number of rotatable bonds is 3. The maximum atomic E-state index is 13.9. The Hall–Kier alpha value is -3.65. The number of nitro groups is 1. The lowest BCUT2D eigenvalue weighted by Gasteiger charge is -2.51. The summed E-state index contributed by atoms with van der Waals surface area (Å²) in [5, 5.41) is 11.8. The highest BCUT2D eigenvalue weighted by Crippen LogP contribution is 2.63. The summed E-state index contributed by atoms with van der Waals surface area (Å²) < 4.78 is 0.457. The van der Waals surface area contributed by atoms with E-state index < -0.39 is 39.9 Å². The van der Waals surface area contributed by atoms with E-state index in [4.69, 9.17) is 0 Å². The Morgan fingerprint density at radius 1 is 0.939 bits per heavy atom. The van der Waals surface area contributed by atoms with Crippen LogP contribution in [0.5, 0.6) is 0 Å². The van der Waals surface area contributed by atoms with Crippen molar-refractivity contribution in [3.8, 4) is 0 Å². The van der Waals surface area contributed by atoms with Crippen molar-refractivity contribution in [1.82, 2.24) is 0 Å². The SMILES string of the molecule is O=CC12c3ccccc3C(c3ccccc31)C1C(=O)N(c3ccc(Br)cc3[N+](=O)[O-])C(=O)C12. The van der Waals surface area contributed by atoms with Gasteiger partial charge in [0.25, 0.3) is 5.69 Å². The Bertz CT molecular complexity index is 1370. The predicted octanol–water partition coefficient (Wildman–Crippen LogP) is 4.11. The zero-order valence-corrected chi connectivity index (χ0v) is 18.6. The third-order valence-corrected chi connectivity index (χ3v) is 7.74. The molecule has 1 saturated heterocycles. The molecule has 2 unspecified atom stereocenters. The van der Waals surface area contributed by atoms with E-state index >= 15 is 0 Å². The zero-order valence-electron chi connectivity index (χ0n) is 17.0. The molecule has 2 bridgehead atoms. The first kappa shape index (κ1) is 20.0. The molecule has 3 aromatic carbocycles. The van der Waals surface area contributed by atoms with E-state index in [9.17, 15) is 24.5 Å². The second-order valence-corrected chi connectivity index (χ2v) is 9.46. The molecule has 3 aliphatic carbocycles. The molecule has 1 heterocycles. The van der Waals surface area contributed by atoms with Gasteiger partial charge in [-0.05, 0) is 34.4 Å². The molecular formula is C25H15BrN2O5. The van der Waals surface area contributed by atoms with Crippen LogP contribution < -0.4 is 4.90 Å². The van der Waals surface area contributed by atoms with Gasteiger partial charge in [0.2, 0.25) is 11.8 Å². The van der Waals surface area contributed by atoms with Gasteiger partial charge in [0.05, 0.1) is 22.2 Å². The smallest absolute Gasteiger partial charge is 0.294 e. The van der Waals surface area contributed by atoms with Crippen molar-refractivity contribution < 1.29 is 19.3 Å². The van der Waals surface area contributed by atoms with Crippen LogP contribution in [0.15, 0.2) is 71.2 Å². The van der Waals surface area contributed by atoms with E-state index in [1.807, 2.05) is 48.5 Å². The van der Waals surface area contributed by atoms with Gasteiger partial charge in [-0.1, -0.05) is 64.5 Å². The molecule has 0 N–H and O–H groups in total. The van der Waals surface area contributed by atoms with Crippen LogP contribution in [0.3, 0.4) is 0 Å². The Morgan fingerprint density at radius 2 is 1.55 bits per heavy atom. The van der Waals surface area contributed by atoms with Crippen molar-refractivity contribution in [2.24, 2.45) is 11.8 Å². The molecule has 33 heavy (non-hydrogen) atoms. The van der Waals surface area contributed by atoms with Crippen molar-refractivity contribution in [3.05, 3.63) is 104 Å². The van der Waals surface area contributed by atoms with Crippen LogP contribution in [0.1, 0.15) is 28.2 Å². The van der Waals surface area contributed by atoms with Gasteiger partial charge in [-0.2, -0.15) is 0 Å². The van der Waals surface area contributed by atoms with Gasteiger partial charge in [-0.15, -0.1) is 0 Å². The molecule has 8 heteroatoms. The van der Waals surface area contributed by atoms with E-state index in [0.717, 1.165) is 33.4 Å². The summed E-state index contributed by atoms with van der Waals surface area (Å²) in [6.07, 6.45) is 0.780. The van der Waals surface area contributed by atoms with Crippen molar-refractivity contribution in [2.75, 3.05) is 4.90 Å². The fraction of sp³-hybridized carbons (Fsp3) is 0.160. The van der Waals surface area contributed by atoms with Crippen LogP contribution in [-0.4, -0.2) is 23.0 Å². The lowest BCUT2D eigenvalue weighted by molar-refractivity contribution is -0.384. The van der Waals surface area contributed by atoms with Gasteiger partial charge in [-0.25, -0.2) is 4.90 Å². The average Bonchev–Trinajstić information content (AvgIpc) is 3.10. The molecule has 1 fully saturated rings. The Morgan fingerprint density at radius 3 is 2.12 bits per heavy atom. The highest BCUT2D eigenvalue weighted by atomic mass is 79.9. The molecule has 2 amide bonds. The third-order valence-electron chi connectivity index (χ3n) is 7.24. The predicted molar refractivity (Wildman–Crippen MR) is 122 cm³/mol. The number of benzene rings is 3. The number of aldehydes is 1. The van der Waals surface area contributed by atoms with E-state index in [0.29, 0.717) is 4.47 Å². The maximum absolute atomic E-state index is 13.9. The molecule has 0 aromatic heterocycles. The Labute approximate surface area is 196 Å². The number of nitrogens with zero attached hydrogens (tertiary/aromatic N) is 2. The van der Waals surface area contributed by atoms with Crippen molar-refractivity contribution >= 4 is 45.4 Å². The molecule has 7 rings (SSSR count). The van der Waals surface area contributed by atoms with Crippen molar-refractivity contribution in [2.45, 2.75) is 11.3 Å². The molecule has 0 spiro atoms. The number of carbonyl (C=O) groups is 3. The van der Waals surface area contributed by atoms with Gasteiger partial charge in [0.15, 0.2) is 0 Å². The monoisotopic (exact) mass is 502 g/mol. The van der Waals surface area contributed by atoms with E-state index in [1.165, 1.54) is 12.1 Å². The second-order valence-electron chi connectivity index (χ2n) is 8.54. The second kappa shape index (κ2) is 6.68. The van der Waals surface area contributed by atoms with Gasteiger partial charge in [0, 0.05) is 16.5 Å². The molecular weight excluding hydrogens is 488 g/mol. The van der Waals surface area contributed by atoms with Crippen LogP contribution in [-0.2, 0) is 19.8 Å². The largest absolute Gasteiger partial charge is 0.302 e. The van der Waals surface area contributed by atoms with Crippen LogP contribution >= 0.6 is 15.9 Å². The summed E-state index contributed by atoms with van der Waals surface area (Å²) in [4.78, 5) is 52.7. The number of carbonyl (C=O) groups excluding carboxylic acids is 3. The number of halogens is 1. The first-order chi connectivity index (χ1) is 15.9. The summed E-state index contributed by atoms with van der Waals surface area (Å²) in [7, 11) is 0. The molecule has 3 aromatic rings. The molecule has 4 aliphatic rings. The number of hydrogen-bond donors (Lipinski definition) is 0. The zero-order chi connectivity index (χ0) is 23.1. The number of nitro benzene ring substituents is 1. The minimum absolute atomic E-state index is 0.0823. The van der Waals surface area contributed by atoms with E-state index in [-0.39, 0.29) is 11.4 Å². The van der Waals surface area contributed by atoms with Crippen LogP contribution in [0, 0.1) is 22.0 Å². The van der Waals surface area contributed by atoms with Crippen molar-refractivity contribution in [1.29, 1.82) is 0 Å².